The predicted octanol–water partition coefficient (Wildman–Crippen LogP) is 3.48. The first-order chi connectivity index (χ1) is 14.8. The molecular weight excluding hydrogens is 521 g/mol. The number of nitrogens with zero attached hydrogens (tertiary/aromatic N) is 3. The van der Waals surface area contributed by atoms with Crippen LogP contribution in [0.15, 0.2) is 58.9 Å². The van der Waals surface area contributed by atoms with Gasteiger partial charge in [-0.25, -0.2) is 0 Å². The molecule has 2 aromatic rings. The van der Waals surface area contributed by atoms with Gasteiger partial charge >= 0.3 is 0 Å². The molecule has 1 atom stereocenters. The molecule has 1 aromatic carbocycles. The Morgan fingerprint density at radius 2 is 1.84 bits per heavy atom. The summed E-state index contributed by atoms with van der Waals surface area (Å²) in [6.07, 6.45) is 4.43. The Hall–Kier alpha value is -1.62. The third kappa shape index (κ3) is 6.68. The summed E-state index contributed by atoms with van der Waals surface area (Å²) in [5, 5.41) is 9.13. The van der Waals surface area contributed by atoms with Gasteiger partial charge in [0.2, 0.25) is 0 Å². The van der Waals surface area contributed by atoms with E-state index in [0.717, 1.165) is 58.4 Å². The van der Waals surface area contributed by atoms with Crippen molar-refractivity contribution >= 4 is 47.0 Å². The van der Waals surface area contributed by atoms with Gasteiger partial charge in [-0.05, 0) is 29.1 Å². The van der Waals surface area contributed by atoms with Crippen molar-refractivity contribution in [1.29, 1.82) is 0 Å². The van der Waals surface area contributed by atoms with Crippen LogP contribution in [-0.4, -0.2) is 63.8 Å². The second-order valence-electron chi connectivity index (χ2n) is 7.53. The molecule has 1 fully saturated rings. The zero-order valence-electron chi connectivity index (χ0n) is 18.0. The van der Waals surface area contributed by atoms with Gasteiger partial charge in [0.1, 0.15) is 0 Å². The van der Waals surface area contributed by atoms with Gasteiger partial charge in [-0.3, -0.25) is 9.89 Å². The fourth-order valence-electron chi connectivity index (χ4n) is 3.89. The Morgan fingerprint density at radius 3 is 2.48 bits per heavy atom. The lowest BCUT2D eigenvalue weighted by molar-refractivity contribution is 0.0177. The number of ether oxygens (including phenoxy) is 1. The maximum atomic E-state index is 5.54. The monoisotopic (exact) mass is 553 g/mol. The fourth-order valence-corrected chi connectivity index (χ4v) is 4.75. The number of hydrogen-bond acceptors (Lipinski definition) is 5. The van der Waals surface area contributed by atoms with E-state index in [0.29, 0.717) is 6.04 Å². The molecule has 0 radical (unpaired) electrons. The molecule has 0 saturated carbocycles. The minimum Gasteiger partial charge on any atom is -0.379 e. The normalized spacial score (nSPS) is 18.0. The molecule has 6 nitrogen and oxygen atoms in total. The number of rotatable bonds is 7. The lowest BCUT2D eigenvalue weighted by Crippen LogP contribution is -2.46. The summed E-state index contributed by atoms with van der Waals surface area (Å²) < 4.78 is 5.54. The zero-order chi connectivity index (χ0) is 20.6. The summed E-state index contributed by atoms with van der Waals surface area (Å²) in [6.45, 7) is 7.12. The highest BCUT2D eigenvalue weighted by Gasteiger charge is 2.23. The number of benzene rings is 1. The van der Waals surface area contributed by atoms with Crippen LogP contribution in [0.5, 0.6) is 0 Å². The van der Waals surface area contributed by atoms with E-state index in [1.54, 1.807) is 0 Å². The van der Waals surface area contributed by atoms with E-state index < -0.39 is 0 Å². The first kappa shape index (κ1) is 24.0. The molecule has 31 heavy (non-hydrogen) atoms. The number of morpholine rings is 1. The lowest BCUT2D eigenvalue weighted by Gasteiger charge is -2.34. The molecule has 2 aliphatic heterocycles. The molecule has 8 heteroatoms. The van der Waals surface area contributed by atoms with E-state index in [2.05, 4.69) is 79.4 Å². The summed E-state index contributed by atoms with van der Waals surface area (Å²) in [6, 6.07) is 13.5. The summed E-state index contributed by atoms with van der Waals surface area (Å²) in [7, 11) is 1.83. The van der Waals surface area contributed by atoms with Crippen LogP contribution in [0.4, 0.5) is 5.69 Å². The van der Waals surface area contributed by atoms with E-state index in [9.17, 15) is 0 Å². The quantitative estimate of drug-likeness (QED) is 0.238. The van der Waals surface area contributed by atoms with Crippen LogP contribution in [0.25, 0.3) is 0 Å². The molecule has 1 aromatic heterocycles. The van der Waals surface area contributed by atoms with Gasteiger partial charge in [0.25, 0.3) is 0 Å². The SMILES string of the molecule is CN=C(NCc1ccc(N2CC=CC2)cc1)NCC(c1cccs1)N1CCOCC1.I. The molecule has 0 bridgehead atoms. The third-order valence-corrected chi connectivity index (χ3v) is 6.60. The fraction of sp³-hybridized carbons (Fsp3) is 0.435. The van der Waals surface area contributed by atoms with Crippen molar-refractivity contribution in [3.63, 3.8) is 0 Å². The van der Waals surface area contributed by atoms with Crippen molar-refractivity contribution < 1.29 is 4.74 Å². The van der Waals surface area contributed by atoms with E-state index in [4.69, 9.17) is 4.74 Å². The van der Waals surface area contributed by atoms with Crippen LogP contribution in [0.1, 0.15) is 16.5 Å². The summed E-state index contributed by atoms with van der Waals surface area (Å²) in [4.78, 5) is 10.7. The van der Waals surface area contributed by atoms with Crippen molar-refractivity contribution in [3.8, 4) is 0 Å². The highest BCUT2D eigenvalue weighted by molar-refractivity contribution is 14.0. The summed E-state index contributed by atoms with van der Waals surface area (Å²) >= 11 is 1.81. The van der Waals surface area contributed by atoms with Gasteiger partial charge in [0.05, 0.1) is 19.3 Å². The number of nitrogens with one attached hydrogen (secondary N) is 2. The Kier molecular flexibility index (Phi) is 9.63. The predicted molar refractivity (Wildman–Crippen MR) is 141 cm³/mol. The van der Waals surface area contributed by atoms with Crippen molar-refractivity contribution in [2.24, 2.45) is 4.99 Å². The Balaban J connectivity index is 0.00000272. The molecule has 1 unspecified atom stereocenters. The van der Waals surface area contributed by atoms with E-state index in [1.165, 1.54) is 16.1 Å². The van der Waals surface area contributed by atoms with Crippen molar-refractivity contribution in [3.05, 3.63) is 64.4 Å². The van der Waals surface area contributed by atoms with Crippen LogP contribution in [0.3, 0.4) is 0 Å². The Morgan fingerprint density at radius 1 is 1.10 bits per heavy atom. The minimum absolute atomic E-state index is 0. The highest BCUT2D eigenvalue weighted by atomic mass is 127. The molecule has 2 aliphatic rings. The van der Waals surface area contributed by atoms with Crippen LogP contribution in [-0.2, 0) is 11.3 Å². The van der Waals surface area contributed by atoms with Crippen LogP contribution in [0, 0.1) is 0 Å². The molecule has 0 aliphatic carbocycles. The molecular formula is C23H32IN5OS. The van der Waals surface area contributed by atoms with Crippen molar-refractivity contribution in [1.82, 2.24) is 15.5 Å². The van der Waals surface area contributed by atoms with E-state index >= 15 is 0 Å². The van der Waals surface area contributed by atoms with Gasteiger partial charge in [0.15, 0.2) is 5.96 Å². The number of guanidine groups is 1. The largest absolute Gasteiger partial charge is 0.379 e. The maximum absolute atomic E-state index is 5.54. The molecule has 2 N–H and O–H groups in total. The number of anilines is 1. The van der Waals surface area contributed by atoms with Crippen molar-refractivity contribution in [2.75, 3.05) is 57.9 Å². The molecule has 0 spiro atoms. The van der Waals surface area contributed by atoms with Crippen LogP contribution in [0.2, 0.25) is 0 Å². The number of halogens is 1. The summed E-state index contributed by atoms with van der Waals surface area (Å²) in [5.41, 5.74) is 2.52. The topological polar surface area (TPSA) is 52.1 Å². The molecule has 3 heterocycles. The third-order valence-electron chi connectivity index (χ3n) is 5.62. The Bertz CT molecular complexity index is 826. The number of aliphatic imine (C=N–C) groups is 1. The average Bonchev–Trinajstić information content (AvgIpc) is 3.52. The molecule has 168 valence electrons. The minimum atomic E-state index is 0. The number of hydrogen-bond donors (Lipinski definition) is 2. The van der Waals surface area contributed by atoms with Crippen LogP contribution >= 0.6 is 35.3 Å². The van der Waals surface area contributed by atoms with Gasteiger partial charge in [-0.15, -0.1) is 35.3 Å². The first-order valence-corrected chi connectivity index (χ1v) is 11.5. The lowest BCUT2D eigenvalue weighted by atomic mass is 10.2. The van der Waals surface area contributed by atoms with Gasteiger partial charge in [-0.1, -0.05) is 30.4 Å². The molecule has 1 saturated heterocycles. The average molecular weight is 554 g/mol. The van der Waals surface area contributed by atoms with Gasteiger partial charge < -0.3 is 20.3 Å². The first-order valence-electron chi connectivity index (χ1n) is 10.6. The van der Waals surface area contributed by atoms with Gasteiger partial charge in [-0.2, -0.15) is 0 Å². The maximum Gasteiger partial charge on any atom is 0.191 e. The second-order valence-corrected chi connectivity index (χ2v) is 8.51. The Labute approximate surface area is 206 Å². The molecule has 4 rings (SSSR count). The standard InChI is InChI=1S/C23H31N5OS.HI/c1-24-23(25-17-19-6-8-20(9-7-19)27-10-2-3-11-27)26-18-21(22-5-4-16-30-22)28-12-14-29-15-13-28;/h2-9,16,21H,10-15,17-18H2,1H3,(H2,24,25,26);1H. The number of thiophene rings is 1. The van der Waals surface area contributed by atoms with Gasteiger partial charge in [0, 0.05) is 56.9 Å². The molecule has 0 amide bonds. The smallest absolute Gasteiger partial charge is 0.191 e. The van der Waals surface area contributed by atoms with E-state index in [1.807, 2.05) is 18.4 Å². The highest BCUT2D eigenvalue weighted by Crippen LogP contribution is 2.25. The zero-order valence-corrected chi connectivity index (χ0v) is 21.1. The van der Waals surface area contributed by atoms with E-state index in [-0.39, 0.29) is 24.0 Å². The summed E-state index contributed by atoms with van der Waals surface area (Å²) in [5.74, 6) is 0.831. The van der Waals surface area contributed by atoms with Crippen molar-refractivity contribution in [2.45, 2.75) is 12.6 Å². The second kappa shape index (κ2) is 12.4. The van der Waals surface area contributed by atoms with Crippen LogP contribution < -0.4 is 15.5 Å².